The second-order valence-electron chi connectivity index (χ2n) is 6.26. The summed E-state index contributed by atoms with van der Waals surface area (Å²) in [5.41, 5.74) is 2.36. The van der Waals surface area contributed by atoms with Gasteiger partial charge in [-0.2, -0.15) is 10.1 Å². The predicted molar refractivity (Wildman–Crippen MR) is 105 cm³/mol. The maximum Gasteiger partial charge on any atom is 0.320 e. The third-order valence-corrected chi connectivity index (χ3v) is 4.16. The Hall–Kier alpha value is -4.40. The average Bonchev–Trinajstić information content (AvgIpc) is 3.39. The Morgan fingerprint density at radius 3 is 2.97 bits per heavy atom. The highest BCUT2D eigenvalue weighted by Gasteiger charge is 2.09. The van der Waals surface area contributed by atoms with Crippen LogP contribution in [0, 0.1) is 11.3 Å². The highest BCUT2D eigenvalue weighted by atomic mass is 16.2. The lowest BCUT2D eigenvalue weighted by molar-refractivity contribution is 0.252. The van der Waals surface area contributed by atoms with E-state index in [2.05, 4.69) is 47.1 Å². The van der Waals surface area contributed by atoms with Crippen LogP contribution in [0.1, 0.15) is 18.3 Å². The van der Waals surface area contributed by atoms with E-state index >= 15 is 0 Å². The number of tetrazole rings is 1. The molecule has 4 aromatic rings. The minimum Gasteiger partial charge on any atom is -0.337 e. The summed E-state index contributed by atoms with van der Waals surface area (Å²) < 4.78 is 1.74. The number of fused-ring (bicyclic) bond motifs is 1. The Labute approximate surface area is 170 Å². The summed E-state index contributed by atoms with van der Waals surface area (Å²) in [6.07, 6.45) is 8.61. The highest BCUT2D eigenvalue weighted by molar-refractivity contribution is 5.88. The number of carbonyl (C=O) groups excluding carboxylic acids is 1. The second kappa shape index (κ2) is 8.31. The van der Waals surface area contributed by atoms with Crippen LogP contribution in [-0.4, -0.2) is 52.1 Å². The predicted octanol–water partition coefficient (Wildman–Crippen LogP) is 1.03. The number of anilines is 1. The van der Waals surface area contributed by atoms with Gasteiger partial charge in [-0.25, -0.2) is 9.78 Å². The third kappa shape index (κ3) is 4.20. The van der Waals surface area contributed by atoms with Crippen LogP contribution >= 0.6 is 0 Å². The van der Waals surface area contributed by atoms with Gasteiger partial charge in [0.05, 0.1) is 30.2 Å². The molecule has 0 bridgehead atoms. The molecule has 12 nitrogen and oxygen atoms in total. The molecule has 150 valence electrons. The van der Waals surface area contributed by atoms with Crippen molar-refractivity contribution in [3.05, 3.63) is 48.4 Å². The first-order chi connectivity index (χ1) is 14.6. The minimum atomic E-state index is -0.389. The second-order valence-corrected chi connectivity index (χ2v) is 6.26. The van der Waals surface area contributed by atoms with E-state index in [4.69, 9.17) is 5.26 Å². The average molecular weight is 403 g/mol. The van der Waals surface area contributed by atoms with Gasteiger partial charge in [-0.15, -0.1) is 10.2 Å². The highest BCUT2D eigenvalue weighted by Crippen LogP contribution is 2.18. The van der Waals surface area contributed by atoms with E-state index in [9.17, 15) is 4.79 Å². The topological polar surface area (TPSA) is 152 Å². The number of carbonyl (C=O) groups is 1. The number of urea groups is 1. The number of hydrogen-bond donors (Lipinski definition) is 2. The smallest absolute Gasteiger partial charge is 0.320 e. The summed E-state index contributed by atoms with van der Waals surface area (Å²) in [4.78, 5) is 26.3. The van der Waals surface area contributed by atoms with E-state index in [-0.39, 0.29) is 6.03 Å². The normalized spacial score (nSPS) is 10.7. The Morgan fingerprint density at radius 2 is 2.17 bits per heavy atom. The van der Waals surface area contributed by atoms with Crippen molar-refractivity contribution in [1.29, 1.82) is 5.26 Å². The lowest BCUT2D eigenvalue weighted by Gasteiger charge is -2.03. The van der Waals surface area contributed by atoms with Gasteiger partial charge in [-0.05, 0) is 18.2 Å². The molecule has 30 heavy (non-hydrogen) atoms. The summed E-state index contributed by atoms with van der Waals surface area (Å²) in [5, 5.41) is 26.4. The molecule has 0 unspecified atom stereocenters. The molecule has 12 heteroatoms. The van der Waals surface area contributed by atoms with Crippen LogP contribution in [0.25, 0.3) is 16.9 Å². The number of aryl methyl sites for hydroxylation is 1. The van der Waals surface area contributed by atoms with Gasteiger partial charge in [0, 0.05) is 37.1 Å². The first-order valence-electron chi connectivity index (χ1n) is 9.16. The molecule has 4 aromatic heterocycles. The van der Waals surface area contributed by atoms with Gasteiger partial charge in [0.15, 0.2) is 17.3 Å². The van der Waals surface area contributed by atoms with Crippen molar-refractivity contribution in [2.45, 2.75) is 19.9 Å². The molecule has 2 amide bonds. The number of rotatable bonds is 6. The number of hydrogen-bond acceptors (Lipinski definition) is 8. The van der Waals surface area contributed by atoms with Gasteiger partial charge >= 0.3 is 6.03 Å². The fraction of sp³-hybridized carbons (Fsp3) is 0.222. The number of nitrogens with zero attached hydrogens (tertiary/aromatic N) is 9. The van der Waals surface area contributed by atoms with Crippen LogP contribution in [0.3, 0.4) is 0 Å². The van der Waals surface area contributed by atoms with Gasteiger partial charge in [0.2, 0.25) is 0 Å². The molecule has 0 aliphatic rings. The molecule has 0 spiro atoms. The largest absolute Gasteiger partial charge is 0.337 e. The maximum absolute atomic E-state index is 12.1. The van der Waals surface area contributed by atoms with Gasteiger partial charge in [0.25, 0.3) is 0 Å². The van der Waals surface area contributed by atoms with Gasteiger partial charge in [-0.1, -0.05) is 0 Å². The number of nitrogens with one attached hydrogen (secondary N) is 2. The van der Waals surface area contributed by atoms with E-state index in [1.54, 1.807) is 35.3 Å². The molecular formula is C18H17N11O. The Bertz CT molecular complexity index is 1240. The van der Waals surface area contributed by atoms with Gasteiger partial charge < -0.3 is 9.72 Å². The minimum absolute atomic E-state index is 0.364. The Morgan fingerprint density at radius 1 is 1.27 bits per heavy atom. The van der Waals surface area contributed by atoms with E-state index in [0.717, 1.165) is 0 Å². The molecule has 0 radical (unpaired) electrons. The SMILES string of the molecule is CCn1nnc(CCNC(=O)Nc2cn3cc(-c4cncc(C#N)c4)ncc3n2)n1. The molecule has 0 aromatic carbocycles. The van der Waals surface area contributed by atoms with Gasteiger partial charge in [-0.3, -0.25) is 15.3 Å². The van der Waals surface area contributed by atoms with E-state index in [1.165, 1.54) is 11.0 Å². The van der Waals surface area contributed by atoms with Crippen molar-refractivity contribution in [3.63, 3.8) is 0 Å². The van der Waals surface area contributed by atoms with Crippen LogP contribution in [0.5, 0.6) is 0 Å². The number of nitriles is 1. The van der Waals surface area contributed by atoms with Crippen molar-refractivity contribution in [2.75, 3.05) is 11.9 Å². The molecule has 0 saturated carbocycles. The molecule has 0 saturated heterocycles. The molecule has 4 rings (SSSR count). The molecular weight excluding hydrogens is 386 g/mol. The fourth-order valence-corrected chi connectivity index (χ4v) is 2.71. The standard InChI is InChI=1S/C18H17N11O/c1-2-29-26-15(25-27-29)3-4-21-18(30)24-16-11-28-10-14(22-9-17(28)23-16)13-5-12(6-19)7-20-8-13/h5,7-11H,2-4H2,1H3,(H2,21,24,30). The lowest BCUT2D eigenvalue weighted by atomic mass is 10.2. The summed E-state index contributed by atoms with van der Waals surface area (Å²) in [6, 6.07) is 3.37. The molecule has 0 atom stereocenters. The Balaban J connectivity index is 1.39. The summed E-state index contributed by atoms with van der Waals surface area (Å²) in [7, 11) is 0. The maximum atomic E-state index is 12.1. The number of imidazole rings is 1. The van der Waals surface area contributed by atoms with Crippen molar-refractivity contribution in [3.8, 4) is 17.3 Å². The fourth-order valence-electron chi connectivity index (χ4n) is 2.71. The number of amides is 2. The number of pyridine rings is 1. The quantitative estimate of drug-likeness (QED) is 0.484. The molecule has 4 heterocycles. The molecule has 0 aliphatic carbocycles. The van der Waals surface area contributed by atoms with Crippen LogP contribution in [0.4, 0.5) is 10.6 Å². The zero-order chi connectivity index (χ0) is 20.9. The van der Waals surface area contributed by atoms with Crippen LogP contribution in [0.2, 0.25) is 0 Å². The van der Waals surface area contributed by atoms with Crippen LogP contribution in [0.15, 0.2) is 37.1 Å². The molecule has 0 fully saturated rings. The number of aromatic nitrogens is 8. The summed E-state index contributed by atoms with van der Waals surface area (Å²) >= 11 is 0. The first kappa shape index (κ1) is 18.9. The first-order valence-corrected chi connectivity index (χ1v) is 9.16. The Kier molecular flexibility index (Phi) is 5.25. The summed E-state index contributed by atoms with van der Waals surface area (Å²) in [6.45, 7) is 2.93. The van der Waals surface area contributed by atoms with E-state index in [0.29, 0.717) is 53.6 Å². The zero-order valence-corrected chi connectivity index (χ0v) is 16.0. The van der Waals surface area contributed by atoms with Crippen molar-refractivity contribution in [2.24, 2.45) is 0 Å². The molecule has 2 N–H and O–H groups in total. The zero-order valence-electron chi connectivity index (χ0n) is 16.0. The van der Waals surface area contributed by atoms with E-state index < -0.39 is 0 Å². The monoisotopic (exact) mass is 403 g/mol. The van der Waals surface area contributed by atoms with Crippen molar-refractivity contribution < 1.29 is 4.79 Å². The summed E-state index contributed by atoms with van der Waals surface area (Å²) in [5.74, 6) is 0.948. The van der Waals surface area contributed by atoms with Crippen molar-refractivity contribution in [1.82, 2.24) is 44.9 Å². The molecule has 0 aliphatic heterocycles. The van der Waals surface area contributed by atoms with Crippen molar-refractivity contribution >= 4 is 17.5 Å². The van der Waals surface area contributed by atoms with Crippen LogP contribution < -0.4 is 10.6 Å². The van der Waals surface area contributed by atoms with Crippen LogP contribution in [-0.2, 0) is 13.0 Å². The van der Waals surface area contributed by atoms with Gasteiger partial charge in [0.1, 0.15) is 6.07 Å². The lowest BCUT2D eigenvalue weighted by Crippen LogP contribution is -2.30. The van der Waals surface area contributed by atoms with E-state index in [1.807, 2.05) is 6.92 Å². The third-order valence-electron chi connectivity index (χ3n) is 4.16.